The lowest BCUT2D eigenvalue weighted by Gasteiger charge is -2.18. The highest BCUT2D eigenvalue weighted by molar-refractivity contribution is 7.89. The first-order valence-corrected chi connectivity index (χ1v) is 10.2. The van der Waals surface area contributed by atoms with E-state index in [1.54, 1.807) is 37.3 Å². The Balaban J connectivity index is 2.07. The van der Waals surface area contributed by atoms with E-state index in [1.807, 2.05) is 0 Å². The monoisotopic (exact) mass is 443 g/mol. The molecule has 150 valence electrons. The van der Waals surface area contributed by atoms with Gasteiger partial charge in [-0.1, -0.05) is 35.3 Å². The van der Waals surface area contributed by atoms with Crippen LogP contribution < -0.4 is 10.2 Å². The minimum Gasteiger partial charge on any atom is -0.495 e. The standard InChI is InChI=1S/C18H19Cl2N3O4S/c1-12-4-7-16(27-3)17(8-12)28(25,26)23(2)11-18(24)22-21-10-13-5-6-14(19)9-15(13)20/h4-10H,11H2,1-3H3,(H,22,24). The molecule has 10 heteroatoms. The van der Waals surface area contributed by atoms with E-state index in [0.717, 1.165) is 9.87 Å². The average molecular weight is 444 g/mol. The quantitative estimate of drug-likeness (QED) is 0.525. The van der Waals surface area contributed by atoms with Crippen molar-refractivity contribution in [2.24, 2.45) is 5.10 Å². The number of hydrogen-bond donors (Lipinski definition) is 1. The second-order valence-corrected chi connectivity index (χ2v) is 8.73. The predicted molar refractivity (Wildman–Crippen MR) is 110 cm³/mol. The number of likely N-dealkylation sites (N-methyl/N-ethyl adjacent to an activating group) is 1. The van der Waals surface area contributed by atoms with Crippen LogP contribution in [0.25, 0.3) is 0 Å². The Morgan fingerprint density at radius 3 is 2.61 bits per heavy atom. The van der Waals surface area contributed by atoms with E-state index in [-0.39, 0.29) is 10.6 Å². The summed E-state index contributed by atoms with van der Waals surface area (Å²) in [6, 6.07) is 9.61. The minimum absolute atomic E-state index is 0.0123. The van der Waals surface area contributed by atoms with E-state index in [4.69, 9.17) is 27.9 Å². The van der Waals surface area contributed by atoms with Crippen LogP contribution in [0.5, 0.6) is 5.75 Å². The summed E-state index contributed by atoms with van der Waals surface area (Å²) in [5, 5.41) is 4.64. The molecule has 1 N–H and O–H groups in total. The predicted octanol–water partition coefficient (Wildman–Crippen LogP) is 3.08. The second kappa shape index (κ2) is 9.38. The molecular weight excluding hydrogens is 425 g/mol. The normalized spacial score (nSPS) is 11.8. The Kier molecular flexibility index (Phi) is 7.42. The van der Waals surface area contributed by atoms with Gasteiger partial charge in [0.2, 0.25) is 10.0 Å². The van der Waals surface area contributed by atoms with E-state index < -0.39 is 22.5 Å². The molecule has 28 heavy (non-hydrogen) atoms. The molecule has 1 amide bonds. The maximum absolute atomic E-state index is 12.8. The molecule has 0 fully saturated rings. The Hall–Kier alpha value is -2.13. The van der Waals surface area contributed by atoms with E-state index >= 15 is 0 Å². The third-order valence-corrected chi connectivity index (χ3v) is 6.12. The number of benzene rings is 2. The summed E-state index contributed by atoms with van der Waals surface area (Å²) in [4.78, 5) is 12.1. The Labute approximate surface area is 173 Å². The fraction of sp³-hybridized carbons (Fsp3) is 0.222. The third kappa shape index (κ3) is 5.45. The number of nitrogens with zero attached hydrogens (tertiary/aromatic N) is 2. The van der Waals surface area contributed by atoms with Crippen molar-refractivity contribution in [3.63, 3.8) is 0 Å². The molecular formula is C18H19Cl2N3O4S. The van der Waals surface area contributed by atoms with Crippen LogP contribution in [0, 0.1) is 6.92 Å². The van der Waals surface area contributed by atoms with Crippen molar-refractivity contribution in [2.75, 3.05) is 20.7 Å². The summed E-state index contributed by atoms with van der Waals surface area (Å²) in [5.41, 5.74) is 3.57. The van der Waals surface area contributed by atoms with Crippen molar-refractivity contribution in [3.8, 4) is 5.75 Å². The van der Waals surface area contributed by atoms with Gasteiger partial charge in [-0.25, -0.2) is 13.8 Å². The highest BCUT2D eigenvalue weighted by atomic mass is 35.5. The SMILES string of the molecule is COc1ccc(C)cc1S(=O)(=O)N(C)CC(=O)NN=Cc1ccc(Cl)cc1Cl. The molecule has 0 unspecified atom stereocenters. The number of methoxy groups -OCH3 is 1. The van der Waals surface area contributed by atoms with Crippen LogP contribution >= 0.6 is 23.2 Å². The summed E-state index contributed by atoms with van der Waals surface area (Å²) in [6.07, 6.45) is 1.34. The number of ether oxygens (including phenoxy) is 1. The molecule has 0 radical (unpaired) electrons. The van der Waals surface area contributed by atoms with Crippen LogP contribution in [0.4, 0.5) is 0 Å². The zero-order valence-electron chi connectivity index (χ0n) is 15.4. The van der Waals surface area contributed by atoms with Crippen molar-refractivity contribution < 1.29 is 17.9 Å². The molecule has 2 aromatic carbocycles. The van der Waals surface area contributed by atoms with Gasteiger partial charge in [0.25, 0.3) is 5.91 Å². The number of aryl methyl sites for hydroxylation is 1. The highest BCUT2D eigenvalue weighted by Crippen LogP contribution is 2.27. The van der Waals surface area contributed by atoms with Crippen LogP contribution in [0.3, 0.4) is 0 Å². The van der Waals surface area contributed by atoms with Crippen LogP contribution in [0.1, 0.15) is 11.1 Å². The van der Waals surface area contributed by atoms with Gasteiger partial charge in [-0.15, -0.1) is 0 Å². The number of hydrazone groups is 1. The Morgan fingerprint density at radius 2 is 1.96 bits per heavy atom. The van der Waals surface area contributed by atoms with Gasteiger partial charge in [-0.05, 0) is 36.8 Å². The van der Waals surface area contributed by atoms with Gasteiger partial charge in [0.05, 0.1) is 24.9 Å². The molecule has 0 saturated heterocycles. The number of carbonyl (C=O) groups is 1. The van der Waals surface area contributed by atoms with Crippen LogP contribution in [-0.2, 0) is 14.8 Å². The van der Waals surface area contributed by atoms with Gasteiger partial charge < -0.3 is 4.74 Å². The van der Waals surface area contributed by atoms with Crippen LogP contribution in [0.2, 0.25) is 10.0 Å². The number of carbonyl (C=O) groups excluding carboxylic acids is 1. The van der Waals surface area contributed by atoms with E-state index in [9.17, 15) is 13.2 Å². The Morgan fingerprint density at radius 1 is 1.25 bits per heavy atom. The van der Waals surface area contributed by atoms with Crippen molar-refractivity contribution in [2.45, 2.75) is 11.8 Å². The molecule has 2 rings (SSSR count). The van der Waals surface area contributed by atoms with Crippen molar-refractivity contribution in [1.29, 1.82) is 0 Å². The van der Waals surface area contributed by atoms with Gasteiger partial charge in [-0.3, -0.25) is 4.79 Å². The first kappa shape index (κ1) is 22.2. The highest BCUT2D eigenvalue weighted by Gasteiger charge is 2.26. The molecule has 0 aliphatic heterocycles. The fourth-order valence-corrected chi connectivity index (χ4v) is 4.08. The molecule has 2 aromatic rings. The second-order valence-electron chi connectivity index (χ2n) is 5.87. The third-order valence-electron chi connectivity index (χ3n) is 3.73. The lowest BCUT2D eigenvalue weighted by atomic mass is 10.2. The maximum atomic E-state index is 12.8. The van der Waals surface area contributed by atoms with Gasteiger partial charge in [0.1, 0.15) is 10.6 Å². The summed E-state index contributed by atoms with van der Waals surface area (Å²) >= 11 is 11.8. The molecule has 0 atom stereocenters. The first-order valence-electron chi connectivity index (χ1n) is 8.03. The van der Waals surface area contributed by atoms with Crippen molar-refractivity contribution in [3.05, 3.63) is 57.6 Å². The number of sulfonamides is 1. The van der Waals surface area contributed by atoms with Crippen LogP contribution in [0.15, 0.2) is 46.4 Å². The molecule has 0 aliphatic rings. The molecule has 0 aliphatic carbocycles. The molecule has 0 heterocycles. The lowest BCUT2D eigenvalue weighted by molar-refractivity contribution is -0.121. The molecule has 7 nitrogen and oxygen atoms in total. The fourth-order valence-electron chi connectivity index (χ4n) is 2.26. The molecule has 0 aromatic heterocycles. The van der Waals surface area contributed by atoms with E-state index in [2.05, 4.69) is 10.5 Å². The summed E-state index contributed by atoms with van der Waals surface area (Å²) < 4.78 is 31.6. The molecule has 0 bridgehead atoms. The lowest BCUT2D eigenvalue weighted by Crippen LogP contribution is -2.36. The van der Waals surface area contributed by atoms with Crippen LogP contribution in [-0.4, -0.2) is 45.5 Å². The molecule has 0 saturated carbocycles. The summed E-state index contributed by atoms with van der Waals surface area (Å²) in [5.74, 6) is -0.410. The van der Waals surface area contributed by atoms with Gasteiger partial charge in [0, 0.05) is 17.6 Å². The maximum Gasteiger partial charge on any atom is 0.255 e. The van der Waals surface area contributed by atoms with Crippen molar-refractivity contribution in [1.82, 2.24) is 9.73 Å². The summed E-state index contributed by atoms with van der Waals surface area (Å²) in [6.45, 7) is 1.34. The molecule has 0 spiro atoms. The number of hydrogen-bond acceptors (Lipinski definition) is 5. The van der Waals surface area contributed by atoms with Gasteiger partial charge >= 0.3 is 0 Å². The van der Waals surface area contributed by atoms with E-state index in [0.29, 0.717) is 15.6 Å². The first-order chi connectivity index (χ1) is 13.1. The number of halogens is 2. The number of amides is 1. The average Bonchev–Trinajstić information content (AvgIpc) is 2.63. The smallest absolute Gasteiger partial charge is 0.255 e. The summed E-state index contributed by atoms with van der Waals surface area (Å²) in [7, 11) is -1.24. The minimum atomic E-state index is -3.93. The van der Waals surface area contributed by atoms with Gasteiger partial charge in [-0.2, -0.15) is 9.41 Å². The number of rotatable bonds is 7. The van der Waals surface area contributed by atoms with E-state index in [1.165, 1.54) is 26.4 Å². The Bertz CT molecular complexity index is 1010. The van der Waals surface area contributed by atoms with Gasteiger partial charge in [0.15, 0.2) is 0 Å². The number of nitrogens with one attached hydrogen (secondary N) is 1. The zero-order valence-corrected chi connectivity index (χ0v) is 17.8. The largest absolute Gasteiger partial charge is 0.495 e. The topological polar surface area (TPSA) is 88.1 Å². The zero-order chi connectivity index (χ0) is 20.9. The van der Waals surface area contributed by atoms with Crippen molar-refractivity contribution >= 4 is 45.3 Å².